The number of rotatable bonds is 1. The van der Waals surface area contributed by atoms with Crippen LogP contribution >= 0.6 is 32.3 Å². The van der Waals surface area contributed by atoms with Crippen molar-refractivity contribution in [2.24, 2.45) is 0 Å². The van der Waals surface area contributed by atoms with Gasteiger partial charge in [-0.05, 0) is 37.3 Å². The molecule has 0 amide bonds. The van der Waals surface area contributed by atoms with Crippen molar-refractivity contribution in [2.75, 3.05) is 0 Å². The highest BCUT2D eigenvalue weighted by Crippen LogP contribution is 2.29. The van der Waals surface area contributed by atoms with Crippen molar-refractivity contribution in [3.8, 4) is 5.75 Å². The first kappa shape index (κ1) is 15.4. The maximum absolute atomic E-state index is 12.8. The van der Waals surface area contributed by atoms with Crippen LogP contribution in [0.25, 0.3) is 0 Å². The van der Waals surface area contributed by atoms with Crippen LogP contribution in [0.5, 0.6) is 5.75 Å². The third kappa shape index (κ3) is 2.98. The summed E-state index contributed by atoms with van der Waals surface area (Å²) in [6, 6.07) is 14.5. The monoisotopic (exact) mass is 426 g/mol. The van der Waals surface area contributed by atoms with E-state index in [2.05, 4.69) is 0 Å². The van der Waals surface area contributed by atoms with E-state index < -0.39 is 26.8 Å². The number of benzene rings is 2. The summed E-state index contributed by atoms with van der Waals surface area (Å²) in [6.07, 6.45) is -0.662. The fourth-order valence-electron chi connectivity index (χ4n) is 2.11. The number of ketones is 2. The molecule has 112 valence electrons. The van der Waals surface area contributed by atoms with Crippen LogP contribution in [0.4, 0.5) is 0 Å². The van der Waals surface area contributed by atoms with Gasteiger partial charge in [0, 0.05) is 8.59 Å². The molecule has 1 aliphatic rings. The van der Waals surface area contributed by atoms with E-state index in [1.807, 2.05) is 30.3 Å². The van der Waals surface area contributed by atoms with E-state index in [4.69, 9.17) is 16.3 Å². The molecule has 2 aromatic carbocycles. The van der Waals surface area contributed by atoms with Crippen LogP contribution in [0.15, 0.2) is 48.5 Å². The van der Waals surface area contributed by atoms with E-state index in [1.54, 1.807) is 25.1 Å². The normalized spacial score (nSPS) is 19.9. The van der Waals surface area contributed by atoms with E-state index in [0.29, 0.717) is 19.8 Å². The van der Waals surface area contributed by atoms with Crippen molar-refractivity contribution < 1.29 is 14.3 Å². The SMILES string of the molecule is CC1Oc2ccc(Cl)cc2C(=O)C(=Ic2ccccc2)C1=O. The molecule has 0 saturated carbocycles. The third-order valence-corrected chi connectivity index (χ3v) is 6.35. The molecule has 22 heavy (non-hydrogen) atoms. The summed E-state index contributed by atoms with van der Waals surface area (Å²) < 4.78 is 7.00. The van der Waals surface area contributed by atoms with Gasteiger partial charge in [-0.2, -0.15) is 0 Å². The Labute approximate surface area is 143 Å². The predicted octanol–water partition coefficient (Wildman–Crippen LogP) is 3.89. The Kier molecular flexibility index (Phi) is 4.40. The van der Waals surface area contributed by atoms with E-state index in [0.717, 1.165) is 3.57 Å². The molecule has 1 unspecified atom stereocenters. The highest BCUT2D eigenvalue weighted by atomic mass is 127. The summed E-state index contributed by atoms with van der Waals surface area (Å²) in [7, 11) is 0. The lowest BCUT2D eigenvalue weighted by atomic mass is 10.1. The van der Waals surface area contributed by atoms with Crippen LogP contribution in [-0.4, -0.2) is 21.2 Å². The summed E-state index contributed by atoms with van der Waals surface area (Å²) in [5.74, 6) is -0.0696. The lowest BCUT2D eigenvalue weighted by molar-refractivity contribution is -0.118. The Morgan fingerprint density at radius 1 is 1.09 bits per heavy atom. The Balaban J connectivity index is 2.15. The number of carbonyl (C=O) groups is 2. The summed E-state index contributed by atoms with van der Waals surface area (Å²) in [5.41, 5.74) is 0.371. The van der Waals surface area contributed by atoms with Crippen molar-refractivity contribution in [1.82, 2.24) is 0 Å². The van der Waals surface area contributed by atoms with Crippen molar-refractivity contribution in [2.45, 2.75) is 13.0 Å². The van der Waals surface area contributed by atoms with Crippen molar-refractivity contribution in [3.63, 3.8) is 0 Å². The van der Waals surface area contributed by atoms with Crippen molar-refractivity contribution in [3.05, 3.63) is 62.7 Å². The molecule has 5 heteroatoms. The minimum atomic E-state index is -0.861. The summed E-state index contributed by atoms with van der Waals surface area (Å²) in [6.45, 7) is 1.67. The van der Waals surface area contributed by atoms with E-state index in [-0.39, 0.29) is 11.6 Å². The van der Waals surface area contributed by atoms with Crippen LogP contribution in [0.3, 0.4) is 0 Å². The van der Waals surface area contributed by atoms with Gasteiger partial charge < -0.3 is 4.74 Å². The maximum atomic E-state index is 12.8. The lowest BCUT2D eigenvalue weighted by Crippen LogP contribution is -2.31. The zero-order valence-electron chi connectivity index (χ0n) is 11.7. The number of hydrogen-bond donors (Lipinski definition) is 0. The number of Topliss-reactive ketones (excluding diaryl/α,β-unsaturated/α-hetero) is 2. The topological polar surface area (TPSA) is 43.4 Å². The molecular weight excluding hydrogens is 415 g/mol. The fourth-order valence-corrected chi connectivity index (χ4v) is 4.92. The lowest BCUT2D eigenvalue weighted by Gasteiger charge is -2.10. The Bertz CT molecular complexity index is 784. The molecule has 0 aromatic heterocycles. The first-order chi connectivity index (χ1) is 10.6. The molecular formula is C17H12ClIO3. The third-order valence-electron chi connectivity index (χ3n) is 3.21. The fraction of sp³-hybridized carbons (Fsp3) is 0.118. The molecule has 0 radical (unpaired) electrons. The van der Waals surface area contributed by atoms with E-state index in [9.17, 15) is 9.59 Å². The van der Waals surface area contributed by atoms with E-state index >= 15 is 0 Å². The van der Waals surface area contributed by atoms with Gasteiger partial charge in [-0.3, -0.25) is 9.59 Å². The van der Waals surface area contributed by atoms with Gasteiger partial charge in [0.15, 0.2) is 6.10 Å². The molecule has 2 aromatic rings. The van der Waals surface area contributed by atoms with Gasteiger partial charge in [-0.15, -0.1) is 0 Å². The highest BCUT2D eigenvalue weighted by Gasteiger charge is 2.32. The maximum Gasteiger partial charge on any atom is 0.212 e. The van der Waals surface area contributed by atoms with Crippen molar-refractivity contribution in [1.29, 1.82) is 0 Å². The van der Waals surface area contributed by atoms with Gasteiger partial charge in [-0.1, -0.05) is 50.5 Å². The summed E-state index contributed by atoms with van der Waals surface area (Å²) >= 11 is 5.12. The number of hydrogen-bond acceptors (Lipinski definition) is 3. The number of carbonyl (C=O) groups excluding carboxylic acids is 2. The second-order valence-corrected chi connectivity index (χ2v) is 8.10. The molecule has 3 rings (SSSR count). The minimum Gasteiger partial charge on any atom is -0.482 e. The minimum absolute atomic E-state index is 0.228. The zero-order chi connectivity index (χ0) is 15.7. The van der Waals surface area contributed by atoms with E-state index in [1.165, 1.54) is 0 Å². The van der Waals surface area contributed by atoms with Crippen LogP contribution in [0.2, 0.25) is 5.02 Å². The van der Waals surface area contributed by atoms with Crippen LogP contribution in [0, 0.1) is 3.57 Å². The molecule has 1 heterocycles. The molecule has 1 atom stereocenters. The molecule has 0 aliphatic carbocycles. The molecule has 0 N–H and O–H groups in total. The Hall–Kier alpha value is -1.53. The molecule has 3 nitrogen and oxygen atoms in total. The molecule has 0 bridgehead atoms. The number of ether oxygens (including phenoxy) is 1. The van der Waals surface area contributed by atoms with Gasteiger partial charge in [0.1, 0.15) is 9.26 Å². The summed E-state index contributed by atoms with van der Waals surface area (Å²) in [4.78, 5) is 25.3. The smallest absolute Gasteiger partial charge is 0.212 e. The number of fused-ring (bicyclic) bond motifs is 1. The Morgan fingerprint density at radius 3 is 2.55 bits per heavy atom. The average molecular weight is 427 g/mol. The van der Waals surface area contributed by atoms with Gasteiger partial charge >= 0.3 is 0 Å². The standard InChI is InChI=1S/C17H12ClIO3/c1-10-16(20)15(19-12-5-3-2-4-6-12)17(21)13-9-11(18)7-8-14(13)22-10/h2-10H,1H3. The Morgan fingerprint density at radius 2 is 1.82 bits per heavy atom. The second-order valence-electron chi connectivity index (χ2n) is 4.80. The van der Waals surface area contributed by atoms with Crippen LogP contribution < -0.4 is 4.74 Å². The predicted molar refractivity (Wildman–Crippen MR) is 95.0 cm³/mol. The zero-order valence-corrected chi connectivity index (χ0v) is 14.6. The summed E-state index contributed by atoms with van der Waals surface area (Å²) in [5, 5.41) is 0.454. The first-order valence-corrected chi connectivity index (χ1v) is 9.22. The number of halogens is 2. The first-order valence-electron chi connectivity index (χ1n) is 6.68. The van der Waals surface area contributed by atoms with Gasteiger partial charge in [0.2, 0.25) is 11.6 Å². The van der Waals surface area contributed by atoms with Crippen LogP contribution in [-0.2, 0) is 4.79 Å². The van der Waals surface area contributed by atoms with Crippen LogP contribution in [0.1, 0.15) is 17.3 Å². The molecule has 0 fully saturated rings. The molecule has 1 aliphatic heterocycles. The second kappa shape index (κ2) is 6.30. The quantitative estimate of drug-likeness (QED) is 0.650. The van der Waals surface area contributed by atoms with Gasteiger partial charge in [0.25, 0.3) is 0 Å². The molecule has 0 saturated heterocycles. The van der Waals surface area contributed by atoms with Gasteiger partial charge in [0.05, 0.1) is 5.56 Å². The van der Waals surface area contributed by atoms with Crippen molar-refractivity contribution >= 4 is 47.4 Å². The largest absolute Gasteiger partial charge is 0.482 e. The van der Waals surface area contributed by atoms with Gasteiger partial charge in [-0.25, -0.2) is 0 Å². The highest BCUT2D eigenvalue weighted by molar-refractivity contribution is 14.2. The average Bonchev–Trinajstić information content (AvgIpc) is 2.60. The molecule has 0 spiro atoms.